The zero-order valence-corrected chi connectivity index (χ0v) is 14.3. The molecule has 0 amide bonds. The summed E-state index contributed by atoms with van der Waals surface area (Å²) in [6, 6.07) is 13.3. The smallest absolute Gasteiger partial charge is 0.0260 e. The van der Waals surface area contributed by atoms with Crippen LogP contribution < -0.4 is 0 Å². The maximum atomic E-state index is 3.78. The lowest BCUT2D eigenvalue weighted by molar-refractivity contribution is 0.796. The molecule has 3 rings (SSSR count). The van der Waals surface area contributed by atoms with Gasteiger partial charge in [-0.1, -0.05) is 71.3 Å². The monoisotopic (exact) mass is 340 g/mol. The largest absolute Gasteiger partial charge is 0.0683 e. The van der Waals surface area contributed by atoms with Gasteiger partial charge in [0.25, 0.3) is 0 Å². The molecule has 0 saturated carbocycles. The number of halogens is 1. The lowest BCUT2D eigenvalue weighted by Crippen LogP contribution is -1.94. The number of hydrogen-bond acceptors (Lipinski definition) is 0. The molecular formula is C20H21Br. The summed E-state index contributed by atoms with van der Waals surface area (Å²) in [6.45, 7) is 4.48. The molecule has 0 atom stereocenters. The molecule has 2 aromatic rings. The third-order valence-corrected chi connectivity index (χ3v) is 4.89. The molecule has 1 aliphatic rings. The van der Waals surface area contributed by atoms with Gasteiger partial charge in [0.05, 0.1) is 0 Å². The minimum absolute atomic E-state index is 1.09. The molecular weight excluding hydrogens is 320 g/mol. The molecule has 0 aromatic heterocycles. The Labute approximate surface area is 136 Å². The van der Waals surface area contributed by atoms with E-state index >= 15 is 0 Å². The second kappa shape index (κ2) is 6.19. The van der Waals surface area contributed by atoms with Crippen LogP contribution in [0.5, 0.6) is 0 Å². The van der Waals surface area contributed by atoms with Gasteiger partial charge in [0.1, 0.15) is 0 Å². The van der Waals surface area contributed by atoms with Gasteiger partial charge >= 0.3 is 0 Å². The normalized spacial score (nSPS) is 13.2. The molecule has 0 bridgehead atoms. The second-order valence-electron chi connectivity index (χ2n) is 5.92. The maximum Gasteiger partial charge on any atom is 0.0260 e. The van der Waals surface area contributed by atoms with Gasteiger partial charge in [0.2, 0.25) is 0 Å². The molecule has 0 heterocycles. The van der Waals surface area contributed by atoms with Crippen molar-refractivity contribution in [2.45, 2.75) is 39.5 Å². The Hall–Kier alpha value is -1.34. The van der Waals surface area contributed by atoms with Gasteiger partial charge in [0.15, 0.2) is 0 Å². The standard InChI is InChI=1S/C20H21Br/c1-3-4-7-15-8-5-6-9-17(15)20-18-13-14(2)12-16(18)10-11-19(20)21/h5-6,8-11,13H,3-4,7,12H2,1-2H3. The minimum Gasteiger partial charge on any atom is -0.0683 e. The number of hydrogen-bond donors (Lipinski definition) is 0. The molecule has 1 heteroatoms. The Morgan fingerprint density at radius 1 is 1.10 bits per heavy atom. The van der Waals surface area contributed by atoms with E-state index in [1.54, 1.807) is 0 Å². The topological polar surface area (TPSA) is 0 Å². The second-order valence-corrected chi connectivity index (χ2v) is 6.78. The highest BCUT2D eigenvalue weighted by Crippen LogP contribution is 2.40. The molecule has 0 unspecified atom stereocenters. The number of aryl methyl sites for hydroxylation is 1. The first-order chi connectivity index (χ1) is 10.2. The average Bonchev–Trinajstić information content (AvgIpc) is 2.86. The quantitative estimate of drug-likeness (QED) is 0.602. The summed E-state index contributed by atoms with van der Waals surface area (Å²) in [4.78, 5) is 0. The molecule has 0 spiro atoms. The average molecular weight is 341 g/mol. The van der Waals surface area contributed by atoms with Crippen molar-refractivity contribution in [1.82, 2.24) is 0 Å². The van der Waals surface area contributed by atoms with Gasteiger partial charge in [-0.2, -0.15) is 0 Å². The van der Waals surface area contributed by atoms with E-state index in [9.17, 15) is 0 Å². The summed E-state index contributed by atoms with van der Waals surface area (Å²) >= 11 is 3.78. The van der Waals surface area contributed by atoms with E-state index in [0.717, 1.165) is 12.8 Å². The Morgan fingerprint density at radius 3 is 2.71 bits per heavy atom. The Balaban J connectivity index is 2.16. The van der Waals surface area contributed by atoms with Crippen LogP contribution in [0, 0.1) is 0 Å². The van der Waals surface area contributed by atoms with E-state index < -0.39 is 0 Å². The highest BCUT2D eigenvalue weighted by molar-refractivity contribution is 9.10. The summed E-state index contributed by atoms with van der Waals surface area (Å²) in [6.07, 6.45) is 7.09. The van der Waals surface area contributed by atoms with Crippen LogP contribution >= 0.6 is 15.9 Å². The molecule has 2 aromatic carbocycles. The fraction of sp³-hybridized carbons (Fsp3) is 0.300. The van der Waals surface area contributed by atoms with Crippen molar-refractivity contribution in [2.24, 2.45) is 0 Å². The van der Waals surface area contributed by atoms with Crippen molar-refractivity contribution in [3.8, 4) is 11.1 Å². The zero-order chi connectivity index (χ0) is 14.8. The van der Waals surface area contributed by atoms with Crippen LogP contribution in [-0.2, 0) is 12.8 Å². The SMILES string of the molecule is CCCCc1ccccc1-c1c(Br)ccc2c1C=C(C)C2. The summed E-state index contributed by atoms with van der Waals surface area (Å²) in [7, 11) is 0. The van der Waals surface area contributed by atoms with E-state index in [-0.39, 0.29) is 0 Å². The predicted octanol–water partition coefficient (Wildman–Crippen LogP) is 6.42. The number of rotatable bonds is 4. The van der Waals surface area contributed by atoms with E-state index in [4.69, 9.17) is 0 Å². The zero-order valence-electron chi connectivity index (χ0n) is 12.7. The van der Waals surface area contributed by atoms with Crippen molar-refractivity contribution in [3.05, 3.63) is 63.1 Å². The van der Waals surface area contributed by atoms with E-state index in [0.29, 0.717) is 0 Å². The predicted molar refractivity (Wildman–Crippen MR) is 95.5 cm³/mol. The maximum absolute atomic E-state index is 3.78. The molecule has 0 aliphatic heterocycles. The van der Waals surface area contributed by atoms with Crippen molar-refractivity contribution in [3.63, 3.8) is 0 Å². The van der Waals surface area contributed by atoms with E-state index in [2.05, 4.69) is 72.3 Å². The molecule has 0 fully saturated rings. The van der Waals surface area contributed by atoms with Crippen molar-refractivity contribution < 1.29 is 0 Å². The van der Waals surface area contributed by atoms with E-state index in [1.165, 1.54) is 50.7 Å². The van der Waals surface area contributed by atoms with Crippen LogP contribution in [0.25, 0.3) is 17.2 Å². The van der Waals surface area contributed by atoms with Gasteiger partial charge in [-0.3, -0.25) is 0 Å². The molecule has 21 heavy (non-hydrogen) atoms. The first-order valence-electron chi connectivity index (χ1n) is 7.77. The van der Waals surface area contributed by atoms with Crippen molar-refractivity contribution in [1.29, 1.82) is 0 Å². The van der Waals surface area contributed by atoms with Crippen LogP contribution in [0.3, 0.4) is 0 Å². The van der Waals surface area contributed by atoms with Crippen molar-refractivity contribution in [2.75, 3.05) is 0 Å². The number of unbranched alkanes of at least 4 members (excludes halogenated alkanes) is 1. The molecule has 0 N–H and O–H groups in total. The molecule has 0 nitrogen and oxygen atoms in total. The fourth-order valence-electron chi connectivity index (χ4n) is 3.18. The number of benzene rings is 2. The first kappa shape index (κ1) is 14.6. The van der Waals surface area contributed by atoms with Gasteiger partial charge in [-0.15, -0.1) is 0 Å². The lowest BCUT2D eigenvalue weighted by atomic mass is 9.92. The van der Waals surface area contributed by atoms with E-state index in [1.807, 2.05) is 0 Å². The van der Waals surface area contributed by atoms with Gasteiger partial charge < -0.3 is 0 Å². The number of fused-ring (bicyclic) bond motifs is 1. The molecule has 0 radical (unpaired) electrons. The Kier molecular flexibility index (Phi) is 4.30. The summed E-state index contributed by atoms with van der Waals surface area (Å²) in [5.74, 6) is 0. The number of allylic oxidation sites excluding steroid dienone is 1. The fourth-order valence-corrected chi connectivity index (χ4v) is 3.74. The Bertz CT molecular complexity index is 695. The van der Waals surface area contributed by atoms with Crippen LogP contribution in [0.15, 0.2) is 46.4 Å². The van der Waals surface area contributed by atoms with Crippen molar-refractivity contribution >= 4 is 22.0 Å². The lowest BCUT2D eigenvalue weighted by Gasteiger charge is -2.15. The van der Waals surface area contributed by atoms with Crippen LogP contribution in [0.1, 0.15) is 43.4 Å². The van der Waals surface area contributed by atoms with Gasteiger partial charge in [0, 0.05) is 10.0 Å². The highest BCUT2D eigenvalue weighted by atomic mass is 79.9. The van der Waals surface area contributed by atoms with Crippen LogP contribution in [0.4, 0.5) is 0 Å². The van der Waals surface area contributed by atoms with Gasteiger partial charge in [-0.05, 0) is 54.5 Å². The molecule has 108 valence electrons. The molecule has 1 aliphatic carbocycles. The van der Waals surface area contributed by atoms with Crippen LogP contribution in [0.2, 0.25) is 0 Å². The Morgan fingerprint density at radius 2 is 1.90 bits per heavy atom. The summed E-state index contributed by atoms with van der Waals surface area (Å²) < 4.78 is 1.20. The minimum atomic E-state index is 1.09. The van der Waals surface area contributed by atoms with Gasteiger partial charge in [-0.25, -0.2) is 0 Å². The highest BCUT2D eigenvalue weighted by Gasteiger charge is 2.18. The first-order valence-corrected chi connectivity index (χ1v) is 8.57. The third-order valence-electron chi connectivity index (χ3n) is 4.23. The van der Waals surface area contributed by atoms with Crippen LogP contribution in [-0.4, -0.2) is 0 Å². The third kappa shape index (κ3) is 2.85. The molecule has 0 saturated heterocycles. The summed E-state index contributed by atoms with van der Waals surface area (Å²) in [5.41, 5.74) is 8.54. The summed E-state index contributed by atoms with van der Waals surface area (Å²) in [5, 5.41) is 0.